The van der Waals surface area contributed by atoms with Gasteiger partial charge in [-0.2, -0.15) is 10.1 Å². The number of hydrogen-bond donors (Lipinski definition) is 1. The average Bonchev–Trinajstić information content (AvgIpc) is 2.94. The number of nitrogens with zero attached hydrogens (tertiary/aromatic N) is 2. The monoisotopic (exact) mass is 302 g/mol. The van der Waals surface area contributed by atoms with Crippen LogP contribution in [0.4, 0.5) is 8.78 Å². The first-order chi connectivity index (χ1) is 9.25. The third kappa shape index (κ3) is 2.47. The quantitative estimate of drug-likeness (QED) is 0.933. The van der Waals surface area contributed by atoms with Gasteiger partial charge in [0.1, 0.15) is 0 Å². The second-order valence-corrected chi connectivity index (χ2v) is 6.14. The number of carbonyl (C=O) groups excluding carboxylic acids is 1. The van der Waals surface area contributed by atoms with E-state index in [0.717, 1.165) is 4.88 Å². The van der Waals surface area contributed by atoms with Crippen LogP contribution in [0.5, 0.6) is 0 Å². The van der Waals surface area contributed by atoms with Gasteiger partial charge in [0.25, 0.3) is 12.3 Å². The van der Waals surface area contributed by atoms with Crippen molar-refractivity contribution in [3.05, 3.63) is 21.9 Å². The lowest BCUT2D eigenvalue weighted by molar-refractivity contribution is -0.164. The first-order valence-corrected chi connectivity index (χ1v) is 7.11. The largest absolute Gasteiger partial charge is 0.364 e. The fourth-order valence-electron chi connectivity index (χ4n) is 2.02. The smallest absolute Gasteiger partial charge is 0.287 e. The Kier molecular flexibility index (Phi) is 3.93. The third-order valence-corrected chi connectivity index (χ3v) is 4.36. The second kappa shape index (κ2) is 5.21. The van der Waals surface area contributed by atoms with Crippen molar-refractivity contribution in [3.63, 3.8) is 0 Å². The number of alkyl halides is 2. The number of aliphatic hydroxyl groups is 1. The molecule has 110 valence electrons. The first-order valence-electron chi connectivity index (χ1n) is 6.23. The van der Waals surface area contributed by atoms with Crippen molar-refractivity contribution in [3.8, 4) is 0 Å². The summed E-state index contributed by atoms with van der Waals surface area (Å²) < 4.78 is 26.1. The highest BCUT2D eigenvalue weighted by molar-refractivity contribution is 7.10. The van der Waals surface area contributed by atoms with Crippen LogP contribution in [-0.2, 0) is 0 Å². The van der Waals surface area contributed by atoms with Crippen LogP contribution in [0.2, 0.25) is 0 Å². The normalized spacial score (nSPS) is 22.8. The van der Waals surface area contributed by atoms with Gasteiger partial charge in [0, 0.05) is 22.4 Å². The van der Waals surface area contributed by atoms with Crippen LogP contribution in [0, 0.1) is 0 Å². The fraction of sp³-hybridized carbons (Fsp3) is 0.538. The van der Waals surface area contributed by atoms with Gasteiger partial charge in [-0.05, 0) is 18.9 Å². The molecule has 1 unspecified atom stereocenters. The Bertz CT molecular complexity index is 556. The average molecular weight is 302 g/mol. The summed E-state index contributed by atoms with van der Waals surface area (Å²) in [7, 11) is 0. The Morgan fingerprint density at radius 2 is 2.20 bits per heavy atom. The number of hydrazone groups is 1. The van der Waals surface area contributed by atoms with Gasteiger partial charge in [0.2, 0.25) is 5.72 Å². The molecule has 1 amide bonds. The maximum absolute atomic E-state index is 13.0. The van der Waals surface area contributed by atoms with Crippen LogP contribution in [0.1, 0.15) is 48.3 Å². The fourth-order valence-corrected chi connectivity index (χ4v) is 2.92. The zero-order valence-corrected chi connectivity index (χ0v) is 12.2. The Balaban J connectivity index is 2.31. The minimum Gasteiger partial charge on any atom is -0.364 e. The van der Waals surface area contributed by atoms with Crippen molar-refractivity contribution in [2.75, 3.05) is 0 Å². The van der Waals surface area contributed by atoms with Crippen LogP contribution >= 0.6 is 11.3 Å². The summed E-state index contributed by atoms with van der Waals surface area (Å²) in [6, 6.07) is 1.66. The SMILES string of the molecule is CC1=NN(C(=O)c2csc(C(C)C)c2)C(O)(C(F)F)C1. The van der Waals surface area contributed by atoms with E-state index < -0.39 is 18.1 Å². The van der Waals surface area contributed by atoms with E-state index >= 15 is 0 Å². The number of amides is 1. The van der Waals surface area contributed by atoms with Crippen molar-refractivity contribution in [1.29, 1.82) is 0 Å². The van der Waals surface area contributed by atoms with Crippen LogP contribution in [0.15, 0.2) is 16.5 Å². The molecule has 1 atom stereocenters. The minimum atomic E-state index is -3.07. The summed E-state index contributed by atoms with van der Waals surface area (Å²) >= 11 is 1.39. The summed E-state index contributed by atoms with van der Waals surface area (Å²) in [5.74, 6) is -0.452. The highest BCUT2D eigenvalue weighted by Crippen LogP contribution is 2.33. The van der Waals surface area contributed by atoms with Crippen LogP contribution in [0.3, 0.4) is 0 Å². The van der Waals surface area contributed by atoms with E-state index in [-0.39, 0.29) is 17.9 Å². The zero-order chi connectivity index (χ0) is 15.1. The molecule has 0 spiro atoms. The molecular weight excluding hydrogens is 286 g/mol. The molecule has 0 saturated carbocycles. The maximum Gasteiger partial charge on any atom is 0.287 e. The lowest BCUT2D eigenvalue weighted by Crippen LogP contribution is -2.51. The van der Waals surface area contributed by atoms with Gasteiger partial charge >= 0.3 is 0 Å². The van der Waals surface area contributed by atoms with Crippen molar-refractivity contribution in [2.45, 2.75) is 45.3 Å². The molecular formula is C13H16F2N2O2S. The number of carbonyl (C=O) groups is 1. The standard InChI is InChI=1S/C13H16F2N2O2S/c1-7(2)10-4-9(6-20-10)11(18)17-13(19,12(14)15)5-8(3)16-17/h4,6-7,12,19H,5H2,1-3H3. The van der Waals surface area contributed by atoms with E-state index in [1.54, 1.807) is 11.4 Å². The molecule has 0 fully saturated rings. The molecule has 0 aromatic carbocycles. The summed E-state index contributed by atoms with van der Waals surface area (Å²) in [6.07, 6.45) is -3.41. The Labute approximate surface area is 119 Å². The molecule has 0 saturated heterocycles. The molecule has 0 bridgehead atoms. The van der Waals surface area contributed by atoms with E-state index in [0.29, 0.717) is 10.7 Å². The van der Waals surface area contributed by atoms with Gasteiger partial charge in [0.15, 0.2) is 0 Å². The molecule has 1 aliphatic heterocycles. The maximum atomic E-state index is 13.0. The van der Waals surface area contributed by atoms with Crippen LogP contribution < -0.4 is 0 Å². The predicted octanol–water partition coefficient (Wildman–Crippen LogP) is 3.05. The molecule has 20 heavy (non-hydrogen) atoms. The number of thiophene rings is 1. The van der Waals surface area contributed by atoms with Crippen molar-refractivity contribution >= 4 is 23.0 Å². The lowest BCUT2D eigenvalue weighted by Gasteiger charge is -2.29. The Hall–Kier alpha value is -1.34. The van der Waals surface area contributed by atoms with E-state index in [1.807, 2.05) is 13.8 Å². The van der Waals surface area contributed by atoms with Gasteiger partial charge in [-0.15, -0.1) is 11.3 Å². The van der Waals surface area contributed by atoms with E-state index in [4.69, 9.17) is 0 Å². The second-order valence-electron chi connectivity index (χ2n) is 5.20. The molecule has 0 aliphatic carbocycles. The zero-order valence-electron chi connectivity index (χ0n) is 11.4. The third-order valence-electron chi connectivity index (χ3n) is 3.13. The van der Waals surface area contributed by atoms with Gasteiger partial charge in [0.05, 0.1) is 5.56 Å². The summed E-state index contributed by atoms with van der Waals surface area (Å²) in [5.41, 5.74) is -1.96. The summed E-state index contributed by atoms with van der Waals surface area (Å²) in [5, 5.41) is 15.9. The predicted molar refractivity (Wildman–Crippen MR) is 73.3 cm³/mol. The van der Waals surface area contributed by atoms with Gasteiger partial charge in [-0.3, -0.25) is 4.79 Å². The molecule has 1 aromatic heterocycles. The van der Waals surface area contributed by atoms with E-state index in [2.05, 4.69) is 5.10 Å². The van der Waals surface area contributed by atoms with Gasteiger partial charge < -0.3 is 5.11 Å². The van der Waals surface area contributed by atoms with Crippen LogP contribution in [-0.4, -0.2) is 33.9 Å². The molecule has 2 rings (SSSR count). The van der Waals surface area contributed by atoms with Crippen molar-refractivity contribution in [1.82, 2.24) is 5.01 Å². The molecule has 1 N–H and O–H groups in total. The van der Waals surface area contributed by atoms with Crippen molar-refractivity contribution in [2.24, 2.45) is 5.10 Å². The highest BCUT2D eigenvalue weighted by atomic mass is 32.1. The van der Waals surface area contributed by atoms with Crippen molar-refractivity contribution < 1.29 is 18.7 Å². The highest BCUT2D eigenvalue weighted by Gasteiger charge is 2.51. The number of rotatable bonds is 3. The van der Waals surface area contributed by atoms with Gasteiger partial charge in [-0.25, -0.2) is 8.78 Å². The van der Waals surface area contributed by atoms with Crippen LogP contribution in [0.25, 0.3) is 0 Å². The van der Waals surface area contributed by atoms with E-state index in [1.165, 1.54) is 18.3 Å². The lowest BCUT2D eigenvalue weighted by atomic mass is 10.1. The number of halogens is 2. The molecule has 1 aliphatic rings. The minimum absolute atomic E-state index is 0.249. The molecule has 0 radical (unpaired) electrons. The Morgan fingerprint density at radius 3 is 2.70 bits per heavy atom. The summed E-state index contributed by atoms with van der Waals surface area (Å²) in [4.78, 5) is 13.3. The molecule has 1 aromatic rings. The van der Waals surface area contributed by atoms with E-state index in [9.17, 15) is 18.7 Å². The molecule has 2 heterocycles. The molecule has 4 nitrogen and oxygen atoms in total. The first kappa shape index (κ1) is 15.1. The number of hydrogen-bond acceptors (Lipinski definition) is 4. The molecule has 7 heteroatoms. The summed E-state index contributed by atoms with van der Waals surface area (Å²) in [6.45, 7) is 5.47. The topological polar surface area (TPSA) is 52.9 Å². The van der Waals surface area contributed by atoms with Gasteiger partial charge in [-0.1, -0.05) is 13.8 Å². The Morgan fingerprint density at radius 1 is 1.55 bits per heavy atom.